The molecule has 5 rings (SSSR count). The smallest absolute Gasteiger partial charge is 0.238 e. The standard InChI is InChI=1S/C28H39N3O/c1-29-16-12-22(13-17-29)20-28(21-23-14-18-30(2)19-15-23)25-10-6-7-11-26(25)31(27(28)32)24-8-4-3-5-9-24/h6-7,10-12,14,24H,3-5,8-9,13,15-21H2,1-2H3. The number of carbonyl (C=O) groups is 1. The van der Waals surface area contributed by atoms with E-state index in [2.05, 4.69) is 65.2 Å². The maximum Gasteiger partial charge on any atom is 0.238 e. The Morgan fingerprint density at radius 2 is 1.47 bits per heavy atom. The Bertz CT molecular complexity index is 879. The lowest BCUT2D eigenvalue weighted by molar-refractivity contribution is -0.123. The number of anilines is 1. The summed E-state index contributed by atoms with van der Waals surface area (Å²) in [7, 11) is 4.38. The lowest BCUT2D eigenvalue weighted by Crippen LogP contribution is -2.47. The van der Waals surface area contributed by atoms with Crippen molar-refractivity contribution in [2.24, 2.45) is 0 Å². The zero-order chi connectivity index (χ0) is 22.1. The van der Waals surface area contributed by atoms with Crippen molar-refractivity contribution in [2.75, 3.05) is 45.2 Å². The number of rotatable bonds is 5. The van der Waals surface area contributed by atoms with Crippen LogP contribution in [-0.2, 0) is 10.2 Å². The highest BCUT2D eigenvalue weighted by Gasteiger charge is 2.52. The van der Waals surface area contributed by atoms with E-state index in [9.17, 15) is 4.79 Å². The average Bonchev–Trinajstić information content (AvgIpc) is 3.05. The van der Waals surface area contributed by atoms with E-state index in [1.54, 1.807) is 0 Å². The second-order valence-corrected chi connectivity index (χ2v) is 10.7. The van der Waals surface area contributed by atoms with E-state index in [-0.39, 0.29) is 0 Å². The van der Waals surface area contributed by atoms with Gasteiger partial charge in [0.25, 0.3) is 0 Å². The molecule has 3 heterocycles. The van der Waals surface area contributed by atoms with E-state index >= 15 is 0 Å². The van der Waals surface area contributed by atoms with E-state index in [1.165, 1.54) is 41.7 Å². The summed E-state index contributed by atoms with van der Waals surface area (Å²) < 4.78 is 0. The van der Waals surface area contributed by atoms with Crippen LogP contribution in [0.3, 0.4) is 0 Å². The Labute approximate surface area is 193 Å². The SMILES string of the molecule is CN1CC=C(CC2(CC3=CCN(C)CC3)C(=O)N(C3CCCCC3)c3ccccc32)CC1. The van der Waals surface area contributed by atoms with Gasteiger partial charge in [0, 0.05) is 37.9 Å². The quantitative estimate of drug-likeness (QED) is 0.618. The maximum atomic E-state index is 14.5. The average molecular weight is 434 g/mol. The number of benzene rings is 1. The fourth-order valence-corrected chi connectivity index (χ4v) is 6.37. The minimum atomic E-state index is -0.433. The normalized spacial score (nSPS) is 24.9. The molecule has 0 bridgehead atoms. The van der Waals surface area contributed by atoms with Gasteiger partial charge in [-0.2, -0.15) is 0 Å². The van der Waals surface area contributed by atoms with Crippen molar-refractivity contribution >= 4 is 11.6 Å². The molecule has 0 saturated heterocycles. The molecule has 0 aromatic heterocycles. The molecule has 0 N–H and O–H groups in total. The number of amides is 1. The molecule has 1 aromatic carbocycles. The lowest BCUT2D eigenvalue weighted by Gasteiger charge is -2.36. The molecule has 1 aromatic rings. The maximum absolute atomic E-state index is 14.5. The molecule has 4 nitrogen and oxygen atoms in total. The number of hydrogen-bond acceptors (Lipinski definition) is 3. The van der Waals surface area contributed by atoms with Crippen LogP contribution in [0.5, 0.6) is 0 Å². The Balaban J connectivity index is 1.55. The second-order valence-electron chi connectivity index (χ2n) is 10.7. The summed E-state index contributed by atoms with van der Waals surface area (Å²) in [5.74, 6) is 0.380. The molecule has 4 aliphatic rings. The van der Waals surface area contributed by atoms with Crippen LogP contribution in [0.15, 0.2) is 47.6 Å². The van der Waals surface area contributed by atoms with Gasteiger partial charge in [-0.3, -0.25) is 4.79 Å². The summed E-state index contributed by atoms with van der Waals surface area (Å²) in [6.07, 6.45) is 14.8. The Hall–Kier alpha value is -1.91. The first kappa shape index (κ1) is 21.9. The summed E-state index contributed by atoms with van der Waals surface area (Å²) in [6, 6.07) is 9.13. The van der Waals surface area contributed by atoms with Crippen molar-refractivity contribution in [3.8, 4) is 0 Å². The van der Waals surface area contributed by atoms with Gasteiger partial charge in [0.1, 0.15) is 0 Å². The van der Waals surface area contributed by atoms with Crippen LogP contribution in [0, 0.1) is 0 Å². The third kappa shape index (κ3) is 4.08. The highest BCUT2D eigenvalue weighted by molar-refractivity contribution is 6.09. The van der Waals surface area contributed by atoms with Gasteiger partial charge in [0.2, 0.25) is 5.91 Å². The first-order valence-corrected chi connectivity index (χ1v) is 12.7. The number of para-hydroxylation sites is 1. The Morgan fingerprint density at radius 3 is 2.03 bits per heavy atom. The van der Waals surface area contributed by atoms with Crippen molar-refractivity contribution in [3.05, 3.63) is 53.1 Å². The van der Waals surface area contributed by atoms with Crippen LogP contribution in [0.4, 0.5) is 5.69 Å². The molecule has 1 saturated carbocycles. The number of carbonyl (C=O) groups excluding carboxylic acids is 1. The van der Waals surface area contributed by atoms with Crippen LogP contribution in [0.1, 0.15) is 63.4 Å². The minimum Gasteiger partial charge on any atom is -0.308 e. The fourth-order valence-electron chi connectivity index (χ4n) is 6.37. The summed E-state index contributed by atoms with van der Waals surface area (Å²) in [6.45, 7) is 4.19. The first-order chi connectivity index (χ1) is 15.6. The Kier molecular flexibility index (Phi) is 6.26. The van der Waals surface area contributed by atoms with Crippen molar-refractivity contribution in [2.45, 2.75) is 69.2 Å². The third-order valence-electron chi connectivity index (χ3n) is 8.32. The molecule has 3 aliphatic heterocycles. The van der Waals surface area contributed by atoms with E-state index in [4.69, 9.17) is 0 Å². The molecule has 4 heteroatoms. The first-order valence-electron chi connectivity index (χ1n) is 12.7. The van der Waals surface area contributed by atoms with E-state index in [1.807, 2.05) is 0 Å². The highest BCUT2D eigenvalue weighted by Crippen LogP contribution is 2.51. The zero-order valence-corrected chi connectivity index (χ0v) is 20.0. The van der Waals surface area contributed by atoms with E-state index in [0.717, 1.165) is 64.7 Å². The van der Waals surface area contributed by atoms with Gasteiger partial charge in [-0.25, -0.2) is 0 Å². The molecule has 172 valence electrons. The summed E-state index contributed by atoms with van der Waals surface area (Å²) >= 11 is 0. The van der Waals surface area contributed by atoms with E-state index in [0.29, 0.717) is 11.9 Å². The van der Waals surface area contributed by atoms with Crippen molar-refractivity contribution < 1.29 is 4.79 Å². The molecule has 0 spiro atoms. The van der Waals surface area contributed by atoms with Crippen molar-refractivity contribution in [1.29, 1.82) is 0 Å². The molecule has 0 atom stereocenters. The van der Waals surface area contributed by atoms with Gasteiger partial charge in [-0.1, -0.05) is 60.8 Å². The molecular weight excluding hydrogens is 394 g/mol. The summed E-state index contributed by atoms with van der Waals surface area (Å²) in [4.78, 5) is 21.5. The molecule has 0 radical (unpaired) electrons. The largest absolute Gasteiger partial charge is 0.308 e. The minimum absolute atomic E-state index is 0.372. The summed E-state index contributed by atoms with van der Waals surface area (Å²) in [5, 5.41) is 0. The third-order valence-corrected chi connectivity index (χ3v) is 8.32. The summed E-state index contributed by atoms with van der Waals surface area (Å²) in [5.41, 5.74) is 5.01. The molecule has 1 aliphatic carbocycles. The predicted molar refractivity (Wildman–Crippen MR) is 132 cm³/mol. The van der Waals surface area contributed by atoms with Gasteiger partial charge in [0.05, 0.1) is 5.41 Å². The number of fused-ring (bicyclic) bond motifs is 1. The molecule has 1 amide bonds. The van der Waals surface area contributed by atoms with E-state index < -0.39 is 5.41 Å². The lowest BCUT2D eigenvalue weighted by atomic mass is 9.70. The topological polar surface area (TPSA) is 26.8 Å². The van der Waals surface area contributed by atoms with Crippen molar-refractivity contribution in [3.63, 3.8) is 0 Å². The number of likely N-dealkylation sites (N-methyl/N-ethyl adjacent to an activating group) is 2. The van der Waals surface area contributed by atoms with Crippen LogP contribution in [0.2, 0.25) is 0 Å². The van der Waals surface area contributed by atoms with Crippen molar-refractivity contribution in [1.82, 2.24) is 9.80 Å². The van der Waals surface area contributed by atoms with Gasteiger partial charge < -0.3 is 14.7 Å². The highest BCUT2D eigenvalue weighted by atomic mass is 16.2. The van der Waals surface area contributed by atoms with Gasteiger partial charge in [-0.05, 0) is 64.3 Å². The molecular formula is C28H39N3O. The molecule has 0 unspecified atom stereocenters. The fraction of sp³-hybridized carbons (Fsp3) is 0.607. The monoisotopic (exact) mass is 433 g/mol. The Morgan fingerprint density at radius 1 is 0.875 bits per heavy atom. The van der Waals surface area contributed by atoms with Crippen LogP contribution in [-0.4, -0.2) is 62.0 Å². The van der Waals surface area contributed by atoms with Crippen LogP contribution < -0.4 is 4.90 Å². The molecule has 1 fully saturated rings. The second kappa shape index (κ2) is 9.15. The van der Waals surface area contributed by atoms with Crippen LogP contribution >= 0.6 is 0 Å². The predicted octanol–water partition coefficient (Wildman–Crippen LogP) is 4.91. The van der Waals surface area contributed by atoms with Gasteiger partial charge >= 0.3 is 0 Å². The zero-order valence-electron chi connectivity index (χ0n) is 20.0. The van der Waals surface area contributed by atoms with Crippen LogP contribution in [0.25, 0.3) is 0 Å². The molecule has 32 heavy (non-hydrogen) atoms. The van der Waals surface area contributed by atoms with Gasteiger partial charge in [0.15, 0.2) is 0 Å². The number of nitrogens with zero attached hydrogens (tertiary/aromatic N) is 3. The number of hydrogen-bond donors (Lipinski definition) is 0. The van der Waals surface area contributed by atoms with Gasteiger partial charge in [-0.15, -0.1) is 0 Å².